The molecule has 1 aromatic carbocycles. The van der Waals surface area contributed by atoms with Gasteiger partial charge >= 0.3 is 0 Å². The van der Waals surface area contributed by atoms with E-state index < -0.39 is 9.84 Å². The highest BCUT2D eigenvalue weighted by molar-refractivity contribution is 7.91. The summed E-state index contributed by atoms with van der Waals surface area (Å²) in [5, 5.41) is 0.0948. The third-order valence-corrected chi connectivity index (χ3v) is 4.91. The molecule has 0 bridgehead atoms. The highest BCUT2D eigenvalue weighted by Gasteiger charge is 2.19. The molecular formula is C14H14ClNO3S. The molecule has 0 unspecified atom stereocenters. The molecule has 0 radical (unpaired) electrons. The van der Waals surface area contributed by atoms with Gasteiger partial charge in [-0.15, -0.1) is 0 Å². The van der Waals surface area contributed by atoms with Crippen molar-refractivity contribution in [3.8, 4) is 5.75 Å². The summed E-state index contributed by atoms with van der Waals surface area (Å²) < 4.78 is 29.4. The first-order chi connectivity index (χ1) is 9.53. The van der Waals surface area contributed by atoms with Crippen LogP contribution in [-0.4, -0.2) is 26.3 Å². The molecule has 1 heterocycles. The second-order valence-corrected chi connectivity index (χ2v) is 6.64. The molecule has 1 aromatic heterocycles. The van der Waals surface area contributed by atoms with Crippen LogP contribution in [0.25, 0.3) is 0 Å². The van der Waals surface area contributed by atoms with Crippen molar-refractivity contribution in [2.75, 3.05) is 12.9 Å². The number of nitrogens with zero attached hydrogens (tertiary/aromatic N) is 1. The quantitative estimate of drug-likeness (QED) is 0.852. The SMILES string of the molecule is COc1ccc(CCS(=O)(=O)c2ncccc2Cl)cc1. The van der Waals surface area contributed by atoms with Gasteiger partial charge in [-0.25, -0.2) is 13.4 Å². The lowest BCUT2D eigenvalue weighted by atomic mass is 10.2. The minimum atomic E-state index is -3.48. The molecule has 2 aromatic rings. The lowest BCUT2D eigenvalue weighted by Crippen LogP contribution is -2.11. The largest absolute Gasteiger partial charge is 0.497 e. The highest BCUT2D eigenvalue weighted by Crippen LogP contribution is 2.20. The third-order valence-electron chi connectivity index (χ3n) is 2.84. The molecule has 0 aliphatic rings. The zero-order chi connectivity index (χ0) is 14.6. The number of hydrogen-bond donors (Lipinski definition) is 0. The van der Waals surface area contributed by atoms with Gasteiger partial charge in [0.05, 0.1) is 17.9 Å². The van der Waals surface area contributed by atoms with E-state index in [1.165, 1.54) is 12.3 Å². The number of halogens is 1. The predicted molar refractivity (Wildman–Crippen MR) is 78.0 cm³/mol. The maximum atomic E-state index is 12.2. The van der Waals surface area contributed by atoms with Crippen molar-refractivity contribution in [1.29, 1.82) is 0 Å². The maximum absolute atomic E-state index is 12.2. The first-order valence-corrected chi connectivity index (χ1v) is 8.02. The summed E-state index contributed by atoms with van der Waals surface area (Å²) in [6.45, 7) is 0. The molecule has 0 saturated carbocycles. The first-order valence-electron chi connectivity index (χ1n) is 5.99. The molecule has 0 aliphatic carbocycles. The van der Waals surface area contributed by atoms with Crippen LogP contribution in [0.5, 0.6) is 5.75 Å². The number of aromatic nitrogens is 1. The Hall–Kier alpha value is -1.59. The van der Waals surface area contributed by atoms with Gasteiger partial charge in [0.15, 0.2) is 14.9 Å². The van der Waals surface area contributed by atoms with Crippen molar-refractivity contribution >= 4 is 21.4 Å². The van der Waals surface area contributed by atoms with Crippen molar-refractivity contribution in [2.45, 2.75) is 11.4 Å². The zero-order valence-electron chi connectivity index (χ0n) is 10.9. The second kappa shape index (κ2) is 6.24. The predicted octanol–water partition coefficient (Wildman–Crippen LogP) is 2.76. The number of rotatable bonds is 5. The number of ether oxygens (including phenoxy) is 1. The molecule has 0 saturated heterocycles. The lowest BCUT2D eigenvalue weighted by molar-refractivity contribution is 0.414. The summed E-state index contributed by atoms with van der Waals surface area (Å²) in [5.74, 6) is 0.708. The van der Waals surface area contributed by atoms with Gasteiger partial charge in [-0.2, -0.15) is 0 Å². The van der Waals surface area contributed by atoms with E-state index in [0.717, 1.165) is 11.3 Å². The van der Waals surface area contributed by atoms with Gasteiger partial charge in [-0.05, 0) is 36.2 Å². The van der Waals surface area contributed by atoms with Crippen LogP contribution in [0.2, 0.25) is 5.02 Å². The summed E-state index contributed by atoms with van der Waals surface area (Å²) in [7, 11) is -1.89. The third kappa shape index (κ3) is 3.49. The number of pyridine rings is 1. The topological polar surface area (TPSA) is 56.3 Å². The van der Waals surface area contributed by atoms with E-state index in [1.54, 1.807) is 25.3 Å². The van der Waals surface area contributed by atoms with E-state index in [2.05, 4.69) is 4.98 Å². The molecule has 0 N–H and O–H groups in total. The Labute approximate surface area is 123 Å². The monoisotopic (exact) mass is 311 g/mol. The van der Waals surface area contributed by atoms with Crippen molar-refractivity contribution in [3.63, 3.8) is 0 Å². The Bertz CT molecular complexity index is 684. The molecule has 0 spiro atoms. The first kappa shape index (κ1) is 14.8. The van der Waals surface area contributed by atoms with Gasteiger partial charge in [0.25, 0.3) is 0 Å². The van der Waals surface area contributed by atoms with E-state index in [1.807, 2.05) is 12.1 Å². The summed E-state index contributed by atoms with van der Waals surface area (Å²) in [4.78, 5) is 3.85. The molecule has 0 aliphatic heterocycles. The molecule has 20 heavy (non-hydrogen) atoms. The molecule has 4 nitrogen and oxygen atoms in total. The Morgan fingerprint density at radius 2 is 1.90 bits per heavy atom. The van der Waals surface area contributed by atoms with Crippen LogP contribution in [0.15, 0.2) is 47.6 Å². The van der Waals surface area contributed by atoms with Crippen molar-refractivity contribution in [3.05, 3.63) is 53.2 Å². The summed E-state index contributed by atoms with van der Waals surface area (Å²) in [6.07, 6.45) is 1.82. The van der Waals surface area contributed by atoms with Crippen molar-refractivity contribution < 1.29 is 13.2 Å². The van der Waals surface area contributed by atoms with E-state index in [0.29, 0.717) is 6.42 Å². The standard InChI is InChI=1S/C14H14ClNO3S/c1-19-12-6-4-11(5-7-12)8-10-20(17,18)14-13(15)3-2-9-16-14/h2-7,9H,8,10H2,1H3. The summed E-state index contributed by atoms with van der Waals surface area (Å²) in [6, 6.07) is 10.4. The van der Waals surface area contributed by atoms with Crippen molar-refractivity contribution in [2.24, 2.45) is 0 Å². The van der Waals surface area contributed by atoms with Gasteiger partial charge < -0.3 is 4.74 Å². The van der Waals surface area contributed by atoms with Gasteiger partial charge in [0.2, 0.25) is 0 Å². The van der Waals surface area contributed by atoms with Crippen LogP contribution in [0.1, 0.15) is 5.56 Å². The Balaban J connectivity index is 2.11. The van der Waals surface area contributed by atoms with E-state index >= 15 is 0 Å². The van der Waals surface area contributed by atoms with E-state index in [4.69, 9.17) is 16.3 Å². The normalized spacial score (nSPS) is 11.3. The molecular weight excluding hydrogens is 298 g/mol. The average molecular weight is 312 g/mol. The minimum absolute atomic E-state index is 0.0317. The summed E-state index contributed by atoms with van der Waals surface area (Å²) in [5.41, 5.74) is 0.918. The molecule has 106 valence electrons. The van der Waals surface area contributed by atoms with Crippen LogP contribution in [0.4, 0.5) is 0 Å². The highest BCUT2D eigenvalue weighted by atomic mass is 35.5. The zero-order valence-corrected chi connectivity index (χ0v) is 12.5. The van der Waals surface area contributed by atoms with Gasteiger partial charge in [0, 0.05) is 6.20 Å². The fourth-order valence-corrected chi connectivity index (χ4v) is 3.50. The fraction of sp³-hybridized carbons (Fsp3) is 0.214. The fourth-order valence-electron chi connectivity index (χ4n) is 1.74. The number of methoxy groups -OCH3 is 1. The minimum Gasteiger partial charge on any atom is -0.497 e. The molecule has 6 heteroatoms. The van der Waals surface area contributed by atoms with Crippen LogP contribution < -0.4 is 4.74 Å². The van der Waals surface area contributed by atoms with Crippen molar-refractivity contribution in [1.82, 2.24) is 4.98 Å². The Morgan fingerprint density at radius 1 is 1.20 bits per heavy atom. The van der Waals surface area contributed by atoms with Crippen LogP contribution in [-0.2, 0) is 16.3 Å². The van der Waals surface area contributed by atoms with Gasteiger partial charge in [-0.1, -0.05) is 23.7 Å². The Morgan fingerprint density at radius 3 is 2.50 bits per heavy atom. The van der Waals surface area contributed by atoms with Crippen LogP contribution in [0.3, 0.4) is 0 Å². The number of benzene rings is 1. The average Bonchev–Trinajstić information content (AvgIpc) is 2.46. The Kier molecular flexibility index (Phi) is 4.62. The second-order valence-electron chi connectivity index (χ2n) is 4.21. The van der Waals surface area contributed by atoms with E-state index in [-0.39, 0.29) is 15.8 Å². The molecule has 0 atom stereocenters. The number of sulfone groups is 1. The number of aryl methyl sites for hydroxylation is 1. The van der Waals surface area contributed by atoms with Gasteiger partial charge in [0.1, 0.15) is 5.75 Å². The molecule has 0 fully saturated rings. The van der Waals surface area contributed by atoms with Crippen LogP contribution >= 0.6 is 11.6 Å². The maximum Gasteiger partial charge on any atom is 0.197 e. The smallest absolute Gasteiger partial charge is 0.197 e. The number of hydrogen-bond acceptors (Lipinski definition) is 4. The van der Waals surface area contributed by atoms with Crippen LogP contribution in [0, 0.1) is 0 Å². The van der Waals surface area contributed by atoms with E-state index in [9.17, 15) is 8.42 Å². The molecule has 2 rings (SSSR count). The summed E-state index contributed by atoms with van der Waals surface area (Å²) >= 11 is 5.87. The lowest BCUT2D eigenvalue weighted by Gasteiger charge is -2.06. The van der Waals surface area contributed by atoms with Gasteiger partial charge in [-0.3, -0.25) is 0 Å². The molecule has 0 amide bonds.